The summed E-state index contributed by atoms with van der Waals surface area (Å²) in [5.74, 6) is -0.839. The number of nitrogens with zero attached hydrogens (tertiary/aromatic N) is 1. The molecule has 27 heavy (non-hydrogen) atoms. The fourth-order valence-corrected chi connectivity index (χ4v) is 2.22. The second-order valence-corrected chi connectivity index (χ2v) is 5.51. The number of benzene rings is 2. The molecule has 0 aliphatic heterocycles. The smallest absolute Gasteiger partial charge is 0.344 e. The van der Waals surface area contributed by atoms with E-state index in [0.29, 0.717) is 29.2 Å². The van der Waals surface area contributed by atoms with Gasteiger partial charge in [0.2, 0.25) is 0 Å². The van der Waals surface area contributed by atoms with Crippen molar-refractivity contribution in [2.75, 3.05) is 13.7 Å². The van der Waals surface area contributed by atoms with Crippen molar-refractivity contribution >= 4 is 23.8 Å². The first kappa shape index (κ1) is 20.0. The molecule has 0 aliphatic rings. The van der Waals surface area contributed by atoms with Crippen molar-refractivity contribution in [2.45, 2.75) is 20.0 Å². The standard InChI is InChI=1S/C20H21NO6/c1-4-26-20(24)14-7-5-9-16(11-14)21-12-15-8-6-10-17(25-3)18(15)27-13(2)19(22)23/h5-13H,4H2,1-3H3,(H,22,23)/t13-/m1/s1. The number of carbonyl (C=O) groups excluding carboxylic acids is 1. The number of carboxylic acids is 1. The van der Waals surface area contributed by atoms with Crippen molar-refractivity contribution in [3.8, 4) is 11.5 Å². The Morgan fingerprint density at radius 3 is 2.63 bits per heavy atom. The molecule has 0 bridgehead atoms. The summed E-state index contributed by atoms with van der Waals surface area (Å²) >= 11 is 0. The number of hydrogen-bond donors (Lipinski definition) is 1. The number of ether oxygens (including phenoxy) is 3. The average Bonchev–Trinajstić information content (AvgIpc) is 2.67. The van der Waals surface area contributed by atoms with Gasteiger partial charge in [-0.2, -0.15) is 0 Å². The van der Waals surface area contributed by atoms with Gasteiger partial charge in [0.05, 0.1) is 25.0 Å². The van der Waals surface area contributed by atoms with E-state index in [0.717, 1.165) is 0 Å². The first-order chi connectivity index (χ1) is 13.0. The molecule has 0 aliphatic carbocycles. The van der Waals surface area contributed by atoms with Crippen molar-refractivity contribution in [3.63, 3.8) is 0 Å². The van der Waals surface area contributed by atoms with Crippen LogP contribution in [-0.4, -0.2) is 43.1 Å². The highest BCUT2D eigenvalue weighted by Gasteiger charge is 2.18. The number of methoxy groups -OCH3 is 1. The molecule has 0 saturated carbocycles. The lowest BCUT2D eigenvalue weighted by atomic mass is 10.2. The van der Waals surface area contributed by atoms with Gasteiger partial charge in [-0.1, -0.05) is 12.1 Å². The van der Waals surface area contributed by atoms with E-state index in [1.165, 1.54) is 20.2 Å². The molecule has 0 saturated heterocycles. The zero-order chi connectivity index (χ0) is 19.8. The SMILES string of the molecule is CCOC(=O)c1cccc(N=Cc2cccc(OC)c2O[C@H](C)C(=O)O)c1. The monoisotopic (exact) mass is 371 g/mol. The maximum Gasteiger partial charge on any atom is 0.344 e. The summed E-state index contributed by atoms with van der Waals surface area (Å²) in [6.07, 6.45) is 0.469. The molecule has 1 N–H and O–H groups in total. The molecule has 0 amide bonds. The fraction of sp³-hybridized carbons (Fsp3) is 0.250. The third kappa shape index (κ3) is 5.31. The van der Waals surface area contributed by atoms with Crippen LogP contribution in [0.15, 0.2) is 47.5 Å². The largest absolute Gasteiger partial charge is 0.493 e. The Morgan fingerprint density at radius 1 is 1.22 bits per heavy atom. The number of esters is 1. The summed E-state index contributed by atoms with van der Waals surface area (Å²) in [6.45, 7) is 3.46. The van der Waals surface area contributed by atoms with Crippen molar-refractivity contribution in [1.29, 1.82) is 0 Å². The second-order valence-electron chi connectivity index (χ2n) is 5.51. The van der Waals surface area contributed by atoms with Crippen molar-refractivity contribution in [3.05, 3.63) is 53.6 Å². The minimum absolute atomic E-state index is 0.278. The van der Waals surface area contributed by atoms with Crippen LogP contribution >= 0.6 is 0 Å². The quantitative estimate of drug-likeness (QED) is 0.564. The number of aliphatic imine (C=N–C) groups is 1. The van der Waals surface area contributed by atoms with E-state index in [-0.39, 0.29) is 5.75 Å². The van der Waals surface area contributed by atoms with Gasteiger partial charge in [0.1, 0.15) is 0 Å². The van der Waals surface area contributed by atoms with Gasteiger partial charge in [-0.05, 0) is 44.2 Å². The lowest BCUT2D eigenvalue weighted by Gasteiger charge is -2.15. The number of hydrogen-bond acceptors (Lipinski definition) is 6. The molecule has 142 valence electrons. The van der Waals surface area contributed by atoms with Crippen molar-refractivity contribution in [2.24, 2.45) is 4.99 Å². The Kier molecular flexibility index (Phi) is 6.93. The normalized spacial score (nSPS) is 11.8. The summed E-state index contributed by atoms with van der Waals surface area (Å²) in [7, 11) is 1.47. The third-order valence-corrected chi connectivity index (χ3v) is 3.58. The van der Waals surface area contributed by atoms with Gasteiger partial charge in [0.25, 0.3) is 0 Å². The highest BCUT2D eigenvalue weighted by atomic mass is 16.5. The first-order valence-corrected chi connectivity index (χ1v) is 8.34. The summed E-state index contributed by atoms with van der Waals surface area (Å²) < 4.78 is 15.8. The summed E-state index contributed by atoms with van der Waals surface area (Å²) in [5, 5.41) is 9.09. The Morgan fingerprint density at radius 2 is 1.96 bits per heavy atom. The molecule has 0 fully saturated rings. The summed E-state index contributed by atoms with van der Waals surface area (Å²) in [5.41, 5.74) is 1.48. The van der Waals surface area contributed by atoms with E-state index in [9.17, 15) is 9.59 Å². The number of carbonyl (C=O) groups is 2. The van der Waals surface area contributed by atoms with Gasteiger partial charge in [-0.25, -0.2) is 9.59 Å². The average molecular weight is 371 g/mol. The van der Waals surface area contributed by atoms with Crippen LogP contribution in [0.25, 0.3) is 0 Å². The molecular formula is C20H21NO6. The molecule has 0 radical (unpaired) electrons. The minimum Gasteiger partial charge on any atom is -0.493 e. The number of rotatable bonds is 8. The third-order valence-electron chi connectivity index (χ3n) is 3.58. The molecule has 0 aromatic heterocycles. The van der Waals surface area contributed by atoms with E-state index in [2.05, 4.69) is 4.99 Å². The Labute approximate surface area is 157 Å². The summed E-state index contributed by atoms with van der Waals surface area (Å²) in [6, 6.07) is 11.8. The van der Waals surface area contributed by atoms with E-state index >= 15 is 0 Å². The molecule has 2 rings (SSSR count). The van der Waals surface area contributed by atoms with E-state index in [1.807, 2.05) is 0 Å². The molecule has 0 spiro atoms. The lowest BCUT2D eigenvalue weighted by Crippen LogP contribution is -2.23. The van der Waals surface area contributed by atoms with E-state index < -0.39 is 18.0 Å². The zero-order valence-corrected chi connectivity index (χ0v) is 15.3. The van der Waals surface area contributed by atoms with Gasteiger partial charge < -0.3 is 19.3 Å². The number of para-hydroxylation sites is 1. The van der Waals surface area contributed by atoms with Gasteiger partial charge in [0, 0.05) is 11.8 Å². The first-order valence-electron chi connectivity index (χ1n) is 8.34. The van der Waals surface area contributed by atoms with Crippen molar-refractivity contribution in [1.82, 2.24) is 0 Å². The van der Waals surface area contributed by atoms with Crippen LogP contribution in [0.3, 0.4) is 0 Å². The van der Waals surface area contributed by atoms with Gasteiger partial charge >= 0.3 is 11.9 Å². The maximum atomic E-state index is 11.8. The molecular weight excluding hydrogens is 350 g/mol. The predicted molar refractivity (Wildman–Crippen MR) is 100 cm³/mol. The molecule has 2 aromatic rings. The van der Waals surface area contributed by atoms with Crippen LogP contribution in [0.1, 0.15) is 29.8 Å². The van der Waals surface area contributed by atoms with Gasteiger partial charge in [-0.15, -0.1) is 0 Å². The molecule has 7 heteroatoms. The fourth-order valence-electron chi connectivity index (χ4n) is 2.22. The maximum absolute atomic E-state index is 11.8. The minimum atomic E-state index is -1.09. The second kappa shape index (κ2) is 9.38. The molecule has 2 aromatic carbocycles. The molecule has 0 unspecified atom stereocenters. The van der Waals surface area contributed by atoms with Crippen LogP contribution in [0.4, 0.5) is 5.69 Å². The van der Waals surface area contributed by atoms with Crippen LogP contribution in [0.5, 0.6) is 11.5 Å². The Hall–Kier alpha value is -3.35. The lowest BCUT2D eigenvalue weighted by molar-refractivity contribution is -0.144. The van der Waals surface area contributed by atoms with Gasteiger partial charge in [0.15, 0.2) is 17.6 Å². The Balaban J connectivity index is 2.32. The van der Waals surface area contributed by atoms with Gasteiger partial charge in [-0.3, -0.25) is 4.99 Å². The predicted octanol–water partition coefficient (Wildman–Crippen LogP) is 3.47. The zero-order valence-electron chi connectivity index (χ0n) is 15.3. The van der Waals surface area contributed by atoms with Crippen LogP contribution < -0.4 is 9.47 Å². The van der Waals surface area contributed by atoms with E-state index in [1.54, 1.807) is 49.4 Å². The topological polar surface area (TPSA) is 94.4 Å². The highest BCUT2D eigenvalue weighted by Crippen LogP contribution is 2.31. The van der Waals surface area contributed by atoms with E-state index in [4.69, 9.17) is 19.3 Å². The van der Waals surface area contributed by atoms with Crippen LogP contribution in [-0.2, 0) is 9.53 Å². The molecule has 0 heterocycles. The number of aliphatic carboxylic acids is 1. The summed E-state index contributed by atoms with van der Waals surface area (Å²) in [4.78, 5) is 27.3. The number of carboxylic acid groups (broad SMARTS) is 1. The molecule has 7 nitrogen and oxygen atoms in total. The van der Waals surface area contributed by atoms with Crippen LogP contribution in [0.2, 0.25) is 0 Å². The Bertz CT molecular complexity index is 846. The van der Waals surface area contributed by atoms with Crippen molar-refractivity contribution < 1.29 is 28.9 Å². The highest BCUT2D eigenvalue weighted by molar-refractivity contribution is 5.91. The molecule has 1 atom stereocenters. The van der Waals surface area contributed by atoms with Crippen LogP contribution in [0, 0.1) is 0 Å².